The summed E-state index contributed by atoms with van der Waals surface area (Å²) < 4.78 is 46.0. The molecular formula is C29H50O2. The first-order valence-corrected chi connectivity index (χ1v) is 12.6. The van der Waals surface area contributed by atoms with Gasteiger partial charge in [-0.3, -0.25) is 0 Å². The molecule has 3 atom stereocenters. The summed E-state index contributed by atoms with van der Waals surface area (Å²) in [5.41, 5.74) is 0.519. The average Bonchev–Trinajstić information content (AvgIpc) is 2.73. The summed E-state index contributed by atoms with van der Waals surface area (Å²) in [4.78, 5) is 0. The Hall–Kier alpha value is -1.18. The van der Waals surface area contributed by atoms with Crippen LogP contribution in [-0.2, 0) is 6.42 Å². The molecule has 0 bridgehead atoms. The van der Waals surface area contributed by atoms with E-state index in [1.54, 1.807) is 6.92 Å². The molecule has 0 amide bonds. The summed E-state index contributed by atoms with van der Waals surface area (Å²) >= 11 is 0. The monoisotopic (exact) mass is 435 g/mol. The van der Waals surface area contributed by atoms with Crippen molar-refractivity contribution in [2.24, 2.45) is 17.8 Å². The number of hydrogen-bond acceptors (Lipinski definition) is 2. The third-order valence-electron chi connectivity index (χ3n) is 7.33. The Morgan fingerprint density at radius 1 is 0.935 bits per heavy atom. The van der Waals surface area contributed by atoms with Crippen LogP contribution < -0.4 is 4.74 Å². The molecule has 2 nitrogen and oxygen atoms in total. The molecule has 0 aliphatic carbocycles. The molecule has 0 spiro atoms. The van der Waals surface area contributed by atoms with Gasteiger partial charge in [-0.15, -0.1) is 0 Å². The van der Waals surface area contributed by atoms with Crippen molar-refractivity contribution in [3.8, 4) is 11.5 Å². The number of aromatic hydroxyl groups is 1. The van der Waals surface area contributed by atoms with Crippen LogP contribution in [0.25, 0.3) is 0 Å². The molecule has 1 aliphatic rings. The van der Waals surface area contributed by atoms with E-state index in [4.69, 9.17) is 11.6 Å². The number of fused-ring (bicyclic) bond motifs is 1. The van der Waals surface area contributed by atoms with E-state index in [0.717, 1.165) is 37.5 Å². The Morgan fingerprint density at radius 2 is 1.55 bits per heavy atom. The lowest BCUT2D eigenvalue weighted by Gasteiger charge is -2.38. The summed E-state index contributed by atoms with van der Waals surface area (Å²) in [7, 11) is 0. The van der Waals surface area contributed by atoms with Crippen LogP contribution in [0, 0.1) is 38.4 Å². The van der Waals surface area contributed by atoms with Gasteiger partial charge >= 0.3 is 0 Å². The third kappa shape index (κ3) is 7.43. The maximum atomic E-state index is 10.7. The van der Waals surface area contributed by atoms with E-state index in [9.17, 15) is 5.11 Å². The van der Waals surface area contributed by atoms with Crippen molar-refractivity contribution in [3.05, 3.63) is 22.3 Å². The fourth-order valence-electron chi connectivity index (χ4n) is 4.97. The maximum absolute atomic E-state index is 10.7. The molecule has 1 N–H and O–H groups in total. The Labute approximate surface area is 200 Å². The van der Waals surface area contributed by atoms with Crippen molar-refractivity contribution in [2.75, 3.05) is 0 Å². The van der Waals surface area contributed by atoms with E-state index in [0.29, 0.717) is 29.2 Å². The number of rotatable bonds is 12. The molecule has 0 saturated carbocycles. The van der Waals surface area contributed by atoms with Crippen LogP contribution in [-0.4, -0.2) is 10.7 Å². The van der Waals surface area contributed by atoms with Gasteiger partial charge in [-0.2, -0.15) is 0 Å². The van der Waals surface area contributed by atoms with Gasteiger partial charge in [0.1, 0.15) is 17.1 Å². The van der Waals surface area contributed by atoms with Gasteiger partial charge in [0.15, 0.2) is 0 Å². The Bertz CT molecular complexity index is 849. The van der Waals surface area contributed by atoms with Gasteiger partial charge in [-0.1, -0.05) is 72.6 Å². The first kappa shape index (κ1) is 19.3. The van der Waals surface area contributed by atoms with Crippen LogP contribution in [0.15, 0.2) is 0 Å². The lowest BCUT2D eigenvalue weighted by Crippen LogP contribution is -2.37. The van der Waals surface area contributed by atoms with Gasteiger partial charge in [-0.05, 0) is 87.7 Å². The summed E-state index contributed by atoms with van der Waals surface area (Å²) in [5, 5.41) is 10.7. The third-order valence-corrected chi connectivity index (χ3v) is 7.33. The van der Waals surface area contributed by atoms with Crippen molar-refractivity contribution >= 4 is 0 Å². The first-order chi connectivity index (χ1) is 16.7. The van der Waals surface area contributed by atoms with E-state index >= 15 is 0 Å². The topological polar surface area (TPSA) is 29.5 Å². The quantitative estimate of drug-likeness (QED) is 0.355. The molecule has 0 aromatic heterocycles. The molecule has 1 aromatic rings. The number of benzene rings is 1. The van der Waals surface area contributed by atoms with Gasteiger partial charge in [0.2, 0.25) is 0 Å². The average molecular weight is 436 g/mol. The molecule has 1 heterocycles. The first-order valence-electron chi connectivity index (χ1n) is 15.2. The van der Waals surface area contributed by atoms with E-state index in [2.05, 4.69) is 34.6 Å². The van der Waals surface area contributed by atoms with Gasteiger partial charge < -0.3 is 9.84 Å². The Kier molecular flexibility index (Phi) is 7.23. The minimum Gasteiger partial charge on any atom is -0.507 e. The van der Waals surface area contributed by atoms with E-state index in [-0.39, 0.29) is 11.1 Å². The predicted molar refractivity (Wildman–Crippen MR) is 134 cm³/mol. The number of phenols is 1. The zero-order valence-electron chi connectivity index (χ0n) is 25.9. The second kappa shape index (κ2) is 11.6. The molecule has 31 heavy (non-hydrogen) atoms. The van der Waals surface area contributed by atoms with Crippen LogP contribution in [0.4, 0.5) is 0 Å². The highest BCUT2D eigenvalue weighted by molar-refractivity contribution is 5.58. The zero-order chi connectivity index (χ0) is 27.3. The Morgan fingerprint density at radius 3 is 2.13 bits per heavy atom. The highest BCUT2D eigenvalue weighted by Gasteiger charge is 2.34. The standard InChI is InChI=1S/C29H50O2/c1-20(2)12-9-13-21(3)14-10-15-22(4)16-11-18-29(8)19-17-26-25(7)27(30)23(5)24(6)28(26)31-29/h20-22,30H,9-19H2,1-8H3/t21-,22-,29-/m1/s1/i5D3,7D2. The van der Waals surface area contributed by atoms with Crippen molar-refractivity contribution < 1.29 is 16.7 Å². The van der Waals surface area contributed by atoms with Gasteiger partial charge in [0.25, 0.3) is 0 Å². The molecule has 0 unspecified atom stereocenters. The minimum atomic E-state index is -2.54. The smallest absolute Gasteiger partial charge is 0.127 e. The molecule has 2 rings (SSSR count). The lowest BCUT2D eigenvalue weighted by atomic mass is 9.84. The molecule has 1 aromatic carbocycles. The predicted octanol–water partition coefficient (Wildman–Crippen LogP) is 8.84. The largest absolute Gasteiger partial charge is 0.507 e. The second-order valence-corrected chi connectivity index (χ2v) is 11.0. The van der Waals surface area contributed by atoms with Crippen LogP contribution in [0.2, 0.25) is 0 Å². The van der Waals surface area contributed by atoms with E-state index < -0.39 is 25.1 Å². The molecule has 0 fully saturated rings. The van der Waals surface area contributed by atoms with Crippen LogP contribution in [0.5, 0.6) is 11.5 Å². The summed E-state index contributed by atoms with van der Waals surface area (Å²) in [5.74, 6) is 2.31. The molecule has 1 aliphatic heterocycles. The van der Waals surface area contributed by atoms with Gasteiger partial charge in [0, 0.05) is 12.4 Å². The maximum Gasteiger partial charge on any atom is 0.127 e. The summed E-state index contributed by atoms with van der Waals surface area (Å²) in [6.07, 6.45) is 12.3. The highest BCUT2D eigenvalue weighted by Crippen LogP contribution is 2.44. The van der Waals surface area contributed by atoms with Crippen LogP contribution in [0.3, 0.4) is 0 Å². The zero-order valence-corrected chi connectivity index (χ0v) is 20.9. The fourth-order valence-corrected chi connectivity index (χ4v) is 4.97. The molecule has 178 valence electrons. The molecular weight excluding hydrogens is 380 g/mol. The van der Waals surface area contributed by atoms with Crippen LogP contribution >= 0.6 is 0 Å². The fraction of sp³-hybridized carbons (Fsp3) is 0.793. The Balaban J connectivity index is 1.94. The lowest BCUT2D eigenvalue weighted by molar-refractivity contribution is 0.0512. The van der Waals surface area contributed by atoms with Crippen molar-refractivity contribution in [1.82, 2.24) is 0 Å². The normalized spacial score (nSPS) is 23.3. The number of ether oxygens (including phenoxy) is 1. The van der Waals surface area contributed by atoms with Crippen molar-refractivity contribution in [3.63, 3.8) is 0 Å². The second-order valence-electron chi connectivity index (χ2n) is 11.0. The van der Waals surface area contributed by atoms with E-state index in [1.165, 1.54) is 38.5 Å². The molecule has 0 saturated heterocycles. The summed E-state index contributed by atoms with van der Waals surface area (Å²) in [6.45, 7) is 9.08. The van der Waals surface area contributed by atoms with Crippen molar-refractivity contribution in [2.45, 2.75) is 132 Å². The van der Waals surface area contributed by atoms with E-state index in [1.807, 2.05) is 0 Å². The highest BCUT2D eigenvalue weighted by atomic mass is 16.5. The van der Waals surface area contributed by atoms with Crippen LogP contribution in [0.1, 0.15) is 128 Å². The molecule has 0 radical (unpaired) electrons. The van der Waals surface area contributed by atoms with Crippen molar-refractivity contribution in [1.29, 1.82) is 0 Å². The minimum absolute atomic E-state index is 0.0795. The van der Waals surface area contributed by atoms with Gasteiger partial charge in [-0.25, -0.2) is 0 Å². The van der Waals surface area contributed by atoms with Gasteiger partial charge in [0.05, 0.1) is 0 Å². The molecule has 2 heteroatoms. The number of phenolic OH excluding ortho intramolecular Hbond substituents is 1. The summed E-state index contributed by atoms with van der Waals surface area (Å²) in [6, 6.07) is 0. The SMILES string of the molecule is [2H]C([2H])c1c(O)c(C([2H])([2H])[2H])c(C)c2c1CC[C@@](C)(CCC[C@H](C)CCC[C@H](C)CCCC(C)C)O2. The number of hydrogen-bond donors (Lipinski definition) is 1.